The third kappa shape index (κ3) is 2.01. The molecule has 0 amide bonds. The second-order valence-electron chi connectivity index (χ2n) is 9.14. The summed E-state index contributed by atoms with van der Waals surface area (Å²) in [6.45, 7) is 5.09. The molecule has 4 aliphatic carbocycles. The molecule has 0 aromatic heterocycles. The lowest BCUT2D eigenvalue weighted by Crippen LogP contribution is -2.23. The van der Waals surface area contributed by atoms with Crippen LogP contribution in [0.5, 0.6) is 5.75 Å². The van der Waals surface area contributed by atoms with Crippen molar-refractivity contribution in [1.29, 1.82) is 0 Å². The van der Waals surface area contributed by atoms with E-state index in [1.807, 2.05) is 0 Å². The second kappa shape index (κ2) is 5.50. The zero-order valence-electron chi connectivity index (χ0n) is 16.4. The normalized spacial score (nSPS) is 34.1. The van der Waals surface area contributed by atoms with Crippen molar-refractivity contribution in [2.24, 2.45) is 23.7 Å². The van der Waals surface area contributed by atoms with Crippen LogP contribution < -0.4 is 4.74 Å². The average molecular weight is 357 g/mol. The summed E-state index contributed by atoms with van der Waals surface area (Å²) in [6, 6.07) is 14.1. The first-order valence-corrected chi connectivity index (χ1v) is 10.8. The highest BCUT2D eigenvalue weighted by molar-refractivity contribution is 5.82. The van der Waals surface area contributed by atoms with Crippen molar-refractivity contribution < 1.29 is 4.74 Å². The van der Waals surface area contributed by atoms with Gasteiger partial charge in [-0.05, 0) is 96.2 Å². The molecule has 4 atom stereocenters. The molecule has 0 saturated heterocycles. The summed E-state index contributed by atoms with van der Waals surface area (Å²) < 4.78 is 5.91. The van der Waals surface area contributed by atoms with Gasteiger partial charge in [-0.25, -0.2) is 0 Å². The van der Waals surface area contributed by atoms with E-state index in [9.17, 15) is 0 Å². The predicted octanol–water partition coefficient (Wildman–Crippen LogP) is 6.15. The molecule has 27 heavy (non-hydrogen) atoms. The van der Waals surface area contributed by atoms with Gasteiger partial charge in [0.05, 0.1) is 6.61 Å². The molecule has 2 fully saturated rings. The van der Waals surface area contributed by atoms with Crippen molar-refractivity contribution in [2.45, 2.75) is 44.9 Å². The first-order chi connectivity index (χ1) is 13.2. The van der Waals surface area contributed by atoms with Crippen LogP contribution in [0.3, 0.4) is 0 Å². The third-order valence-electron chi connectivity index (χ3n) is 8.08. The second-order valence-corrected chi connectivity index (χ2v) is 9.14. The molecule has 0 heterocycles. The van der Waals surface area contributed by atoms with E-state index in [4.69, 9.17) is 4.74 Å². The monoisotopic (exact) mass is 356 g/mol. The lowest BCUT2D eigenvalue weighted by Gasteiger charge is -2.29. The Morgan fingerprint density at radius 2 is 1.56 bits per heavy atom. The molecule has 2 aromatic carbocycles. The predicted molar refractivity (Wildman–Crippen MR) is 110 cm³/mol. The molecule has 1 heteroatoms. The Morgan fingerprint density at radius 1 is 0.889 bits per heavy atom. The standard InChI is InChI=1S/C26H28O/c1-3-16-5-9-20-21-10-8-19(27-4-2)13-25(21)26(24(20)11-16)14-22-17-6-7-18(12-17)23(22)15-26/h5-11,13,17-18,22-23H,3-4,12,14-15H2,1-2H3. The van der Waals surface area contributed by atoms with Crippen molar-refractivity contribution in [3.05, 3.63) is 65.2 Å². The molecule has 4 aliphatic rings. The summed E-state index contributed by atoms with van der Waals surface area (Å²) in [5.74, 6) is 4.45. The van der Waals surface area contributed by atoms with Crippen LogP contribution in [0, 0.1) is 23.7 Å². The molecule has 2 saturated carbocycles. The summed E-state index contributed by atoms with van der Waals surface area (Å²) in [5, 5.41) is 0. The van der Waals surface area contributed by atoms with Gasteiger partial charge >= 0.3 is 0 Å². The number of fused-ring (bicyclic) bond motifs is 10. The summed E-state index contributed by atoms with van der Waals surface area (Å²) in [5.41, 5.74) is 7.78. The molecule has 0 N–H and O–H groups in total. The number of allylic oxidation sites excluding steroid dienone is 2. The van der Waals surface area contributed by atoms with E-state index in [0.29, 0.717) is 0 Å². The Kier molecular flexibility index (Phi) is 3.26. The van der Waals surface area contributed by atoms with Crippen molar-refractivity contribution in [3.8, 4) is 16.9 Å². The van der Waals surface area contributed by atoms with Crippen LogP contribution in [-0.2, 0) is 11.8 Å². The number of ether oxygens (including phenoxy) is 1. The Morgan fingerprint density at radius 3 is 2.22 bits per heavy atom. The molecule has 0 aliphatic heterocycles. The fourth-order valence-corrected chi connectivity index (χ4v) is 6.96. The van der Waals surface area contributed by atoms with Crippen LogP contribution in [0.25, 0.3) is 11.1 Å². The highest BCUT2D eigenvalue weighted by Crippen LogP contribution is 2.67. The largest absolute Gasteiger partial charge is 0.494 e. The van der Waals surface area contributed by atoms with E-state index >= 15 is 0 Å². The minimum absolute atomic E-state index is 0.210. The van der Waals surface area contributed by atoms with Crippen LogP contribution in [-0.4, -0.2) is 6.61 Å². The maximum atomic E-state index is 5.91. The average Bonchev–Trinajstić information content (AvgIpc) is 3.44. The van der Waals surface area contributed by atoms with Crippen LogP contribution in [0.2, 0.25) is 0 Å². The molecule has 1 spiro atoms. The summed E-state index contributed by atoms with van der Waals surface area (Å²) in [6.07, 6.45) is 10.2. The van der Waals surface area contributed by atoms with Gasteiger partial charge in [-0.3, -0.25) is 0 Å². The van der Waals surface area contributed by atoms with Gasteiger partial charge in [0.25, 0.3) is 0 Å². The molecule has 6 rings (SSSR count). The number of hydrogen-bond donors (Lipinski definition) is 0. The minimum Gasteiger partial charge on any atom is -0.494 e. The maximum Gasteiger partial charge on any atom is 0.119 e. The highest BCUT2D eigenvalue weighted by atomic mass is 16.5. The Hall–Kier alpha value is -2.02. The van der Waals surface area contributed by atoms with Gasteiger partial charge in [-0.15, -0.1) is 0 Å². The lowest BCUT2D eigenvalue weighted by molar-refractivity contribution is 0.339. The number of hydrogen-bond acceptors (Lipinski definition) is 1. The summed E-state index contributed by atoms with van der Waals surface area (Å²) in [7, 11) is 0. The van der Waals surface area contributed by atoms with Gasteiger partial charge < -0.3 is 4.74 Å². The van der Waals surface area contributed by atoms with Gasteiger partial charge in [0.2, 0.25) is 0 Å². The summed E-state index contributed by atoms with van der Waals surface area (Å²) >= 11 is 0. The van der Waals surface area contributed by atoms with Gasteiger partial charge in [-0.1, -0.05) is 43.3 Å². The number of rotatable bonds is 3. The van der Waals surface area contributed by atoms with Crippen LogP contribution in [0.15, 0.2) is 48.6 Å². The molecule has 138 valence electrons. The van der Waals surface area contributed by atoms with Gasteiger partial charge in [-0.2, -0.15) is 0 Å². The van der Waals surface area contributed by atoms with Gasteiger partial charge in [0, 0.05) is 5.41 Å². The topological polar surface area (TPSA) is 9.23 Å². The SMILES string of the molecule is CCOc1ccc2c(c1)C1(CC3C4C=CC(C4)C3C1)c1cc(CC)ccc1-2. The van der Waals surface area contributed by atoms with E-state index < -0.39 is 0 Å². The van der Waals surface area contributed by atoms with Crippen LogP contribution in [0.1, 0.15) is 49.8 Å². The molecule has 2 bridgehead atoms. The van der Waals surface area contributed by atoms with E-state index in [2.05, 4.69) is 62.4 Å². The van der Waals surface area contributed by atoms with E-state index in [-0.39, 0.29) is 5.41 Å². The first kappa shape index (κ1) is 16.0. The molecular weight excluding hydrogens is 328 g/mol. The van der Waals surface area contributed by atoms with Crippen LogP contribution >= 0.6 is 0 Å². The van der Waals surface area contributed by atoms with Crippen molar-refractivity contribution in [1.82, 2.24) is 0 Å². The highest BCUT2D eigenvalue weighted by Gasteiger charge is 2.58. The number of aryl methyl sites for hydroxylation is 1. The molecule has 0 radical (unpaired) electrons. The first-order valence-electron chi connectivity index (χ1n) is 10.8. The maximum absolute atomic E-state index is 5.91. The van der Waals surface area contributed by atoms with E-state index in [1.54, 1.807) is 11.1 Å². The zero-order valence-corrected chi connectivity index (χ0v) is 16.4. The molecule has 4 unspecified atom stereocenters. The summed E-state index contributed by atoms with van der Waals surface area (Å²) in [4.78, 5) is 0. The third-order valence-corrected chi connectivity index (χ3v) is 8.08. The zero-order chi connectivity index (χ0) is 18.2. The van der Waals surface area contributed by atoms with E-state index in [0.717, 1.165) is 42.4 Å². The Balaban J connectivity index is 1.54. The smallest absolute Gasteiger partial charge is 0.119 e. The Labute approximate surface area is 162 Å². The molecular formula is C26H28O. The van der Waals surface area contributed by atoms with Gasteiger partial charge in [0.15, 0.2) is 0 Å². The quantitative estimate of drug-likeness (QED) is 0.600. The van der Waals surface area contributed by atoms with Gasteiger partial charge in [0.1, 0.15) is 5.75 Å². The van der Waals surface area contributed by atoms with E-state index in [1.165, 1.54) is 36.0 Å². The minimum atomic E-state index is 0.210. The molecule has 1 nitrogen and oxygen atoms in total. The fourth-order valence-electron chi connectivity index (χ4n) is 6.96. The number of benzene rings is 2. The fraction of sp³-hybridized carbons (Fsp3) is 0.462. The Bertz CT molecular complexity index is 933. The molecule has 2 aromatic rings. The lowest BCUT2D eigenvalue weighted by atomic mass is 9.74. The van der Waals surface area contributed by atoms with Crippen molar-refractivity contribution in [3.63, 3.8) is 0 Å². The van der Waals surface area contributed by atoms with Crippen molar-refractivity contribution in [2.75, 3.05) is 6.61 Å². The van der Waals surface area contributed by atoms with Crippen LogP contribution in [0.4, 0.5) is 0 Å². The van der Waals surface area contributed by atoms with Crippen molar-refractivity contribution >= 4 is 0 Å².